The van der Waals surface area contributed by atoms with Crippen molar-refractivity contribution >= 4 is 34.2 Å². The van der Waals surface area contributed by atoms with Gasteiger partial charge in [-0.1, -0.05) is 22.9 Å². The van der Waals surface area contributed by atoms with E-state index in [1.165, 1.54) is 4.90 Å². The number of fused-ring (bicyclic) bond motifs is 1. The number of amides is 1. The molecule has 1 amide bonds. The van der Waals surface area contributed by atoms with Crippen molar-refractivity contribution in [1.82, 2.24) is 19.9 Å². The third kappa shape index (κ3) is 3.19. The molecule has 0 aliphatic rings. The molecule has 0 unspecified atom stereocenters. The Kier molecular flexibility index (Phi) is 4.40. The van der Waals surface area contributed by atoms with Gasteiger partial charge in [0.1, 0.15) is 5.52 Å². The maximum Gasteiger partial charge on any atom is 0.253 e. The van der Waals surface area contributed by atoms with E-state index in [9.17, 15) is 4.79 Å². The van der Waals surface area contributed by atoms with Crippen LogP contribution < -0.4 is 5.32 Å². The Balaban J connectivity index is 1.81. The molecule has 1 heterocycles. The first-order valence-electron chi connectivity index (χ1n) is 7.49. The predicted molar refractivity (Wildman–Crippen MR) is 95.3 cm³/mol. The average Bonchev–Trinajstić information content (AvgIpc) is 2.94. The average molecular weight is 344 g/mol. The van der Waals surface area contributed by atoms with Crippen molar-refractivity contribution in [2.45, 2.75) is 6.54 Å². The second-order valence-corrected chi connectivity index (χ2v) is 6.19. The van der Waals surface area contributed by atoms with Gasteiger partial charge in [0.25, 0.3) is 5.91 Å². The Morgan fingerprint density at radius 1 is 1.25 bits per heavy atom. The minimum atomic E-state index is -0.0582. The third-order valence-electron chi connectivity index (χ3n) is 3.78. The molecular weight excluding hydrogens is 326 g/mol. The van der Waals surface area contributed by atoms with Gasteiger partial charge in [-0.2, -0.15) is 0 Å². The minimum absolute atomic E-state index is 0.0582. The highest BCUT2D eigenvalue weighted by Gasteiger charge is 2.11. The van der Waals surface area contributed by atoms with Gasteiger partial charge in [-0.05, 0) is 35.9 Å². The summed E-state index contributed by atoms with van der Waals surface area (Å²) in [5, 5.41) is 11.9. The van der Waals surface area contributed by atoms with Crippen LogP contribution in [0.4, 0.5) is 5.69 Å². The van der Waals surface area contributed by atoms with Gasteiger partial charge in [-0.25, -0.2) is 4.68 Å². The monoisotopic (exact) mass is 343 g/mol. The molecule has 0 radical (unpaired) electrons. The van der Waals surface area contributed by atoms with Gasteiger partial charge in [0.05, 0.1) is 16.2 Å². The van der Waals surface area contributed by atoms with Crippen LogP contribution in [-0.2, 0) is 13.6 Å². The Bertz CT molecular complexity index is 903. The number of anilines is 1. The zero-order valence-corrected chi connectivity index (χ0v) is 14.5. The van der Waals surface area contributed by atoms with E-state index in [1.54, 1.807) is 37.0 Å². The van der Waals surface area contributed by atoms with Gasteiger partial charge in [0, 0.05) is 33.3 Å². The van der Waals surface area contributed by atoms with E-state index in [2.05, 4.69) is 15.6 Å². The molecule has 0 saturated heterocycles. The number of nitrogens with one attached hydrogen (secondary N) is 1. The van der Waals surface area contributed by atoms with Gasteiger partial charge in [0.15, 0.2) is 0 Å². The first-order valence-corrected chi connectivity index (χ1v) is 7.87. The number of aryl methyl sites for hydroxylation is 1. The largest absolute Gasteiger partial charge is 0.380 e. The molecule has 1 N–H and O–H groups in total. The molecule has 1 aromatic heterocycles. The highest BCUT2D eigenvalue weighted by atomic mass is 35.5. The van der Waals surface area contributed by atoms with Gasteiger partial charge in [-0.3, -0.25) is 4.79 Å². The molecule has 0 aliphatic carbocycles. The van der Waals surface area contributed by atoms with Crippen molar-refractivity contribution in [3.05, 3.63) is 52.5 Å². The third-order valence-corrected chi connectivity index (χ3v) is 4.11. The minimum Gasteiger partial charge on any atom is -0.380 e. The van der Waals surface area contributed by atoms with Crippen LogP contribution in [0.1, 0.15) is 15.9 Å². The van der Waals surface area contributed by atoms with Crippen molar-refractivity contribution in [2.75, 3.05) is 19.4 Å². The molecule has 0 bridgehead atoms. The van der Waals surface area contributed by atoms with Crippen molar-refractivity contribution in [3.8, 4) is 0 Å². The SMILES string of the molecule is CN(C)C(=O)c1ccc(Cl)c(NCc2ccc3nnn(C)c3c2)c1. The lowest BCUT2D eigenvalue weighted by Gasteiger charge is -2.13. The topological polar surface area (TPSA) is 63.1 Å². The number of aromatic nitrogens is 3. The number of hydrogen-bond donors (Lipinski definition) is 1. The second-order valence-electron chi connectivity index (χ2n) is 5.78. The Hall–Kier alpha value is -2.60. The summed E-state index contributed by atoms with van der Waals surface area (Å²) in [5.41, 5.74) is 4.23. The number of halogens is 1. The lowest BCUT2D eigenvalue weighted by Crippen LogP contribution is -2.21. The fourth-order valence-electron chi connectivity index (χ4n) is 2.44. The Morgan fingerprint density at radius 2 is 2.04 bits per heavy atom. The summed E-state index contributed by atoms with van der Waals surface area (Å²) in [7, 11) is 5.31. The molecule has 2 aromatic carbocycles. The molecule has 24 heavy (non-hydrogen) atoms. The number of rotatable bonds is 4. The molecule has 6 nitrogen and oxygen atoms in total. The molecule has 3 rings (SSSR count). The van der Waals surface area contributed by atoms with Gasteiger partial charge in [0.2, 0.25) is 0 Å². The molecule has 7 heteroatoms. The normalized spacial score (nSPS) is 10.8. The van der Waals surface area contributed by atoms with Crippen LogP contribution in [0.2, 0.25) is 5.02 Å². The molecule has 0 saturated carbocycles. The van der Waals surface area contributed by atoms with E-state index in [0.29, 0.717) is 17.1 Å². The molecular formula is C17H18ClN5O. The fourth-order valence-corrected chi connectivity index (χ4v) is 2.62. The van der Waals surface area contributed by atoms with Crippen molar-refractivity contribution in [1.29, 1.82) is 0 Å². The molecule has 0 spiro atoms. The molecule has 124 valence electrons. The van der Waals surface area contributed by atoms with Crippen molar-refractivity contribution in [2.24, 2.45) is 7.05 Å². The molecule has 0 atom stereocenters. The van der Waals surface area contributed by atoms with E-state index in [-0.39, 0.29) is 5.91 Å². The predicted octanol–water partition coefficient (Wildman–Crippen LogP) is 2.94. The number of nitrogens with zero attached hydrogens (tertiary/aromatic N) is 4. The van der Waals surface area contributed by atoms with Gasteiger partial charge in [-0.15, -0.1) is 5.10 Å². The zero-order valence-electron chi connectivity index (χ0n) is 13.7. The first kappa shape index (κ1) is 16.3. The summed E-state index contributed by atoms with van der Waals surface area (Å²) in [6.07, 6.45) is 0. The number of hydrogen-bond acceptors (Lipinski definition) is 4. The fraction of sp³-hybridized carbons (Fsp3) is 0.235. The number of benzene rings is 2. The van der Waals surface area contributed by atoms with E-state index in [1.807, 2.05) is 25.2 Å². The molecule has 0 aliphatic heterocycles. The highest BCUT2D eigenvalue weighted by Crippen LogP contribution is 2.24. The summed E-state index contributed by atoms with van der Waals surface area (Å²) in [6.45, 7) is 0.584. The number of carbonyl (C=O) groups is 1. The van der Waals surface area contributed by atoms with Gasteiger partial charge >= 0.3 is 0 Å². The Labute approximate surface area is 145 Å². The van der Waals surface area contributed by atoms with Crippen LogP contribution in [0.25, 0.3) is 11.0 Å². The Morgan fingerprint density at radius 3 is 2.79 bits per heavy atom. The summed E-state index contributed by atoms with van der Waals surface area (Å²) < 4.78 is 1.74. The zero-order chi connectivity index (χ0) is 17.3. The maximum atomic E-state index is 12.1. The molecule has 3 aromatic rings. The van der Waals surface area contributed by atoms with Gasteiger partial charge < -0.3 is 10.2 Å². The smallest absolute Gasteiger partial charge is 0.253 e. The van der Waals surface area contributed by atoms with Crippen molar-refractivity contribution < 1.29 is 4.79 Å². The van der Waals surface area contributed by atoms with E-state index < -0.39 is 0 Å². The first-order chi connectivity index (χ1) is 11.5. The summed E-state index contributed by atoms with van der Waals surface area (Å²) in [5.74, 6) is -0.0582. The summed E-state index contributed by atoms with van der Waals surface area (Å²) in [6, 6.07) is 11.2. The number of carbonyl (C=O) groups excluding carboxylic acids is 1. The standard InChI is InChI=1S/C17H18ClN5O/c1-22(2)17(24)12-5-6-13(18)15(9-12)19-10-11-4-7-14-16(8-11)23(3)21-20-14/h4-9,19H,10H2,1-3H3. The van der Waals surface area contributed by atoms with Crippen LogP contribution in [0.15, 0.2) is 36.4 Å². The lowest BCUT2D eigenvalue weighted by molar-refractivity contribution is 0.0827. The lowest BCUT2D eigenvalue weighted by atomic mass is 10.1. The maximum absolute atomic E-state index is 12.1. The van der Waals surface area contributed by atoms with E-state index in [4.69, 9.17) is 11.6 Å². The van der Waals surface area contributed by atoms with E-state index >= 15 is 0 Å². The van der Waals surface area contributed by atoms with Crippen LogP contribution in [-0.4, -0.2) is 39.9 Å². The van der Waals surface area contributed by atoms with Crippen LogP contribution >= 0.6 is 11.6 Å². The summed E-state index contributed by atoms with van der Waals surface area (Å²) >= 11 is 6.24. The quantitative estimate of drug-likeness (QED) is 0.791. The summed E-state index contributed by atoms with van der Waals surface area (Å²) in [4.78, 5) is 13.6. The van der Waals surface area contributed by atoms with Crippen LogP contribution in [0.3, 0.4) is 0 Å². The molecule has 0 fully saturated rings. The van der Waals surface area contributed by atoms with Crippen molar-refractivity contribution in [3.63, 3.8) is 0 Å². The van der Waals surface area contributed by atoms with Crippen LogP contribution in [0.5, 0.6) is 0 Å². The van der Waals surface area contributed by atoms with E-state index in [0.717, 1.165) is 22.3 Å². The second kappa shape index (κ2) is 6.49. The van der Waals surface area contributed by atoms with Crippen LogP contribution in [0, 0.1) is 0 Å². The highest BCUT2D eigenvalue weighted by molar-refractivity contribution is 6.33.